The fourth-order valence-corrected chi connectivity index (χ4v) is 0.814. The molecule has 0 fully saturated rings. The third kappa shape index (κ3) is 1.64. The number of para-hydroxylation sites is 1. The van der Waals surface area contributed by atoms with Gasteiger partial charge in [0, 0.05) is 0 Å². The number of aromatic hydroxyl groups is 1. The molecule has 68 valence electrons. The molecule has 0 aliphatic heterocycles. The summed E-state index contributed by atoms with van der Waals surface area (Å²) in [4.78, 5) is 21.0. The van der Waals surface area contributed by atoms with Crippen molar-refractivity contribution in [2.45, 2.75) is 0 Å². The van der Waals surface area contributed by atoms with Gasteiger partial charge in [0.25, 0.3) is 5.78 Å². The normalized spacial score (nSPS) is 9.62. The average molecular weight is 184 g/mol. The fourth-order valence-electron chi connectivity index (χ4n) is 0.814. The zero-order valence-electron chi connectivity index (χ0n) is 6.32. The number of rotatable bonds is 2. The summed E-state index contributed by atoms with van der Waals surface area (Å²) in [6, 6.07) is 3.11. The highest BCUT2D eigenvalue weighted by atomic mass is 19.1. The van der Waals surface area contributed by atoms with Gasteiger partial charge in [0.05, 0.1) is 5.56 Å². The maximum absolute atomic E-state index is 12.6. The Morgan fingerprint density at radius 3 is 2.46 bits per heavy atom. The lowest BCUT2D eigenvalue weighted by atomic mass is 10.1. The minimum atomic E-state index is -1.74. The van der Waals surface area contributed by atoms with Crippen molar-refractivity contribution in [3.63, 3.8) is 0 Å². The lowest BCUT2D eigenvalue weighted by Gasteiger charge is -1.99. The molecule has 0 atom stereocenters. The van der Waals surface area contributed by atoms with Crippen LogP contribution in [0.5, 0.6) is 5.75 Å². The Kier molecular flexibility index (Phi) is 2.27. The molecule has 0 aromatic heterocycles. The highest BCUT2D eigenvalue weighted by Crippen LogP contribution is 2.20. The van der Waals surface area contributed by atoms with Crippen LogP contribution in [0.1, 0.15) is 10.4 Å². The number of hydrogen-bond acceptors (Lipinski definition) is 3. The highest BCUT2D eigenvalue weighted by Gasteiger charge is 2.19. The number of hydrogen-bond donors (Lipinski definition) is 2. The molecule has 13 heavy (non-hydrogen) atoms. The molecule has 5 heteroatoms. The van der Waals surface area contributed by atoms with E-state index in [1.54, 1.807) is 0 Å². The van der Waals surface area contributed by atoms with Crippen LogP contribution in [0.15, 0.2) is 18.2 Å². The number of carboxylic acids is 1. The molecule has 1 aromatic carbocycles. The molecule has 0 bridgehead atoms. The van der Waals surface area contributed by atoms with E-state index in [0.29, 0.717) is 0 Å². The Bertz CT molecular complexity index is 372. The van der Waals surface area contributed by atoms with E-state index in [4.69, 9.17) is 10.2 Å². The van der Waals surface area contributed by atoms with E-state index >= 15 is 0 Å². The first-order valence-electron chi connectivity index (χ1n) is 3.29. The Morgan fingerprint density at radius 1 is 1.31 bits per heavy atom. The molecular formula is C8H5FO4. The van der Waals surface area contributed by atoms with Crippen LogP contribution in [0, 0.1) is 5.82 Å². The van der Waals surface area contributed by atoms with E-state index in [1.807, 2.05) is 0 Å². The summed E-state index contributed by atoms with van der Waals surface area (Å²) in [7, 11) is 0. The Morgan fingerprint density at radius 2 is 1.92 bits per heavy atom. The SMILES string of the molecule is O=C(O)C(=O)c1cccc(F)c1O. The molecule has 2 N–H and O–H groups in total. The Balaban J connectivity index is 3.23. The number of benzene rings is 1. The van der Waals surface area contributed by atoms with E-state index in [9.17, 15) is 14.0 Å². The minimum absolute atomic E-state index is 0.549. The van der Waals surface area contributed by atoms with Crippen LogP contribution in [0.2, 0.25) is 0 Å². The molecule has 0 heterocycles. The number of phenols is 1. The zero-order valence-corrected chi connectivity index (χ0v) is 6.32. The van der Waals surface area contributed by atoms with Crippen molar-refractivity contribution in [1.29, 1.82) is 0 Å². The summed E-state index contributed by atoms with van der Waals surface area (Å²) >= 11 is 0. The van der Waals surface area contributed by atoms with Gasteiger partial charge in [-0.15, -0.1) is 0 Å². The first-order chi connectivity index (χ1) is 6.04. The maximum Gasteiger partial charge on any atom is 0.377 e. The number of halogens is 1. The highest BCUT2D eigenvalue weighted by molar-refractivity contribution is 6.40. The van der Waals surface area contributed by atoms with E-state index < -0.39 is 28.9 Å². The predicted molar refractivity (Wildman–Crippen MR) is 40.0 cm³/mol. The van der Waals surface area contributed by atoms with Gasteiger partial charge in [0.2, 0.25) is 0 Å². The molecule has 0 aliphatic rings. The molecule has 0 amide bonds. The fraction of sp³-hybridized carbons (Fsp3) is 0. The second-order valence-corrected chi connectivity index (χ2v) is 2.27. The molecule has 0 unspecified atom stereocenters. The summed E-state index contributed by atoms with van der Waals surface area (Å²) in [6.45, 7) is 0. The van der Waals surface area contributed by atoms with Crippen LogP contribution in [0.3, 0.4) is 0 Å². The molecule has 1 aromatic rings. The molecule has 4 nitrogen and oxygen atoms in total. The van der Waals surface area contributed by atoms with Crippen molar-refractivity contribution >= 4 is 11.8 Å². The van der Waals surface area contributed by atoms with Gasteiger partial charge in [-0.3, -0.25) is 4.79 Å². The van der Waals surface area contributed by atoms with Crippen LogP contribution in [0.4, 0.5) is 4.39 Å². The van der Waals surface area contributed by atoms with Crippen molar-refractivity contribution in [1.82, 2.24) is 0 Å². The third-order valence-corrected chi connectivity index (χ3v) is 1.43. The van der Waals surface area contributed by atoms with E-state index in [0.717, 1.165) is 18.2 Å². The van der Waals surface area contributed by atoms with Gasteiger partial charge >= 0.3 is 5.97 Å². The number of phenolic OH excluding ortho intramolecular Hbond substituents is 1. The first-order valence-corrected chi connectivity index (χ1v) is 3.29. The van der Waals surface area contributed by atoms with Crippen LogP contribution in [0.25, 0.3) is 0 Å². The monoisotopic (exact) mass is 184 g/mol. The quantitative estimate of drug-likeness (QED) is 0.526. The van der Waals surface area contributed by atoms with Gasteiger partial charge in [-0.2, -0.15) is 0 Å². The third-order valence-electron chi connectivity index (χ3n) is 1.43. The summed E-state index contributed by atoms with van der Waals surface area (Å²) < 4.78 is 12.6. The number of Topliss-reactive ketones (excluding diaryl/α,β-unsaturated/α-hetero) is 1. The number of carbonyl (C=O) groups excluding carboxylic acids is 1. The standard InChI is InChI=1S/C8H5FO4/c9-5-3-1-2-4(6(5)10)7(11)8(12)13/h1-3,10H,(H,12,13). The summed E-state index contributed by atoms with van der Waals surface area (Å²) in [6.07, 6.45) is 0. The predicted octanol–water partition coefficient (Wildman–Crippen LogP) is 0.799. The number of aliphatic carboxylic acids is 1. The van der Waals surface area contributed by atoms with Crippen LogP contribution >= 0.6 is 0 Å². The molecular weight excluding hydrogens is 179 g/mol. The van der Waals surface area contributed by atoms with Crippen LogP contribution in [-0.4, -0.2) is 22.0 Å². The molecule has 0 saturated carbocycles. The summed E-state index contributed by atoms with van der Waals surface area (Å²) in [5, 5.41) is 17.2. The lowest BCUT2D eigenvalue weighted by Crippen LogP contribution is -2.13. The van der Waals surface area contributed by atoms with Crippen molar-refractivity contribution in [3.05, 3.63) is 29.6 Å². The Labute approximate surface area is 72.2 Å². The maximum atomic E-state index is 12.6. The zero-order chi connectivity index (χ0) is 10.0. The molecule has 0 radical (unpaired) electrons. The van der Waals surface area contributed by atoms with Crippen LogP contribution in [-0.2, 0) is 4.79 Å². The van der Waals surface area contributed by atoms with E-state index in [-0.39, 0.29) is 0 Å². The van der Waals surface area contributed by atoms with Gasteiger partial charge in [0.15, 0.2) is 11.6 Å². The van der Waals surface area contributed by atoms with Gasteiger partial charge in [-0.05, 0) is 12.1 Å². The van der Waals surface area contributed by atoms with Crippen molar-refractivity contribution < 1.29 is 24.2 Å². The first kappa shape index (κ1) is 9.18. The summed E-state index contributed by atoms with van der Waals surface area (Å²) in [5.74, 6) is -5.03. The number of carboxylic acid groups (broad SMARTS) is 1. The molecule has 1 rings (SSSR count). The second-order valence-electron chi connectivity index (χ2n) is 2.27. The molecule has 0 aliphatic carbocycles. The van der Waals surface area contributed by atoms with E-state index in [2.05, 4.69) is 0 Å². The van der Waals surface area contributed by atoms with Crippen molar-refractivity contribution in [2.75, 3.05) is 0 Å². The molecule has 0 saturated heterocycles. The van der Waals surface area contributed by atoms with Gasteiger partial charge in [0.1, 0.15) is 0 Å². The number of ketones is 1. The second kappa shape index (κ2) is 3.22. The van der Waals surface area contributed by atoms with Crippen molar-refractivity contribution in [2.24, 2.45) is 0 Å². The largest absolute Gasteiger partial charge is 0.504 e. The van der Waals surface area contributed by atoms with Gasteiger partial charge in [-0.25, -0.2) is 9.18 Å². The Hall–Kier alpha value is -1.91. The van der Waals surface area contributed by atoms with Crippen molar-refractivity contribution in [3.8, 4) is 5.75 Å². The smallest absolute Gasteiger partial charge is 0.377 e. The average Bonchev–Trinajstić information content (AvgIpc) is 2.08. The van der Waals surface area contributed by atoms with Gasteiger partial charge in [-0.1, -0.05) is 6.07 Å². The topological polar surface area (TPSA) is 74.6 Å². The van der Waals surface area contributed by atoms with Crippen LogP contribution < -0.4 is 0 Å². The number of carbonyl (C=O) groups is 2. The van der Waals surface area contributed by atoms with E-state index in [1.165, 1.54) is 0 Å². The minimum Gasteiger partial charge on any atom is -0.504 e. The van der Waals surface area contributed by atoms with Gasteiger partial charge < -0.3 is 10.2 Å². The summed E-state index contributed by atoms with van der Waals surface area (Å²) in [5.41, 5.74) is -0.549. The molecule has 0 spiro atoms. The lowest BCUT2D eigenvalue weighted by molar-refractivity contribution is -0.131.